The van der Waals surface area contributed by atoms with Gasteiger partial charge in [0.1, 0.15) is 11.8 Å². The molecule has 2 aromatic rings. The van der Waals surface area contributed by atoms with Crippen LogP contribution in [0.15, 0.2) is 39.7 Å². The third-order valence-corrected chi connectivity index (χ3v) is 4.20. The smallest absolute Gasteiger partial charge is 0.244 e. The first-order chi connectivity index (χ1) is 12.1. The van der Waals surface area contributed by atoms with Crippen molar-refractivity contribution in [1.29, 1.82) is 0 Å². The van der Waals surface area contributed by atoms with Crippen LogP contribution < -0.4 is 10.7 Å². The SMILES string of the molecule is CCCCCCCCNC(=O)/C=C/c1coc2ccc(C)cc2c1=O. The number of hydrogen-bond donors (Lipinski definition) is 1. The van der Waals surface area contributed by atoms with E-state index < -0.39 is 0 Å². The van der Waals surface area contributed by atoms with Crippen LogP contribution in [0.3, 0.4) is 0 Å². The quantitative estimate of drug-likeness (QED) is 0.536. The maximum Gasteiger partial charge on any atom is 0.244 e. The number of fused-ring (bicyclic) bond motifs is 1. The Hall–Kier alpha value is -2.36. The molecule has 4 heteroatoms. The number of rotatable bonds is 9. The summed E-state index contributed by atoms with van der Waals surface area (Å²) in [5, 5.41) is 3.39. The van der Waals surface area contributed by atoms with Crippen LogP contribution in [-0.4, -0.2) is 12.5 Å². The predicted molar refractivity (Wildman–Crippen MR) is 103 cm³/mol. The fourth-order valence-electron chi connectivity index (χ4n) is 2.72. The summed E-state index contributed by atoms with van der Waals surface area (Å²) in [6.45, 7) is 4.79. The Morgan fingerprint density at radius 2 is 1.92 bits per heavy atom. The molecule has 1 aromatic carbocycles. The first kappa shape index (κ1) is 19.0. The zero-order valence-electron chi connectivity index (χ0n) is 15.1. The van der Waals surface area contributed by atoms with Crippen LogP contribution in [0.2, 0.25) is 0 Å². The highest BCUT2D eigenvalue weighted by Gasteiger charge is 2.05. The fraction of sp³-hybridized carbons (Fsp3) is 0.429. The maximum absolute atomic E-state index is 12.4. The molecular weight excluding hydrogens is 314 g/mol. The van der Waals surface area contributed by atoms with Crippen molar-refractivity contribution in [3.63, 3.8) is 0 Å². The summed E-state index contributed by atoms with van der Waals surface area (Å²) in [5.41, 5.74) is 1.82. The van der Waals surface area contributed by atoms with E-state index in [2.05, 4.69) is 12.2 Å². The van der Waals surface area contributed by atoms with Crippen molar-refractivity contribution in [2.75, 3.05) is 6.54 Å². The molecule has 2 rings (SSSR count). The van der Waals surface area contributed by atoms with Crippen molar-refractivity contribution < 1.29 is 9.21 Å². The lowest BCUT2D eigenvalue weighted by atomic mass is 10.1. The zero-order chi connectivity index (χ0) is 18.1. The van der Waals surface area contributed by atoms with Crippen molar-refractivity contribution in [2.45, 2.75) is 52.4 Å². The molecule has 0 saturated heterocycles. The Morgan fingerprint density at radius 1 is 1.16 bits per heavy atom. The summed E-state index contributed by atoms with van der Waals surface area (Å²) in [4.78, 5) is 24.3. The Kier molecular flexibility index (Phi) is 7.45. The molecule has 0 radical (unpaired) electrons. The van der Waals surface area contributed by atoms with E-state index in [1.807, 2.05) is 13.0 Å². The lowest BCUT2D eigenvalue weighted by Gasteiger charge is -2.02. The first-order valence-corrected chi connectivity index (χ1v) is 9.10. The fourth-order valence-corrected chi connectivity index (χ4v) is 2.72. The van der Waals surface area contributed by atoms with E-state index >= 15 is 0 Å². The summed E-state index contributed by atoms with van der Waals surface area (Å²) < 4.78 is 5.47. The summed E-state index contributed by atoms with van der Waals surface area (Å²) >= 11 is 0. The number of aryl methyl sites for hydroxylation is 1. The lowest BCUT2D eigenvalue weighted by Crippen LogP contribution is -2.22. The van der Waals surface area contributed by atoms with Crippen LogP contribution in [0, 0.1) is 6.92 Å². The van der Waals surface area contributed by atoms with Crippen molar-refractivity contribution in [1.82, 2.24) is 5.32 Å². The topological polar surface area (TPSA) is 59.3 Å². The van der Waals surface area contributed by atoms with Crippen LogP contribution in [0.25, 0.3) is 17.0 Å². The second-order valence-electron chi connectivity index (χ2n) is 6.41. The third-order valence-electron chi connectivity index (χ3n) is 4.20. The molecule has 0 saturated carbocycles. The highest BCUT2D eigenvalue weighted by atomic mass is 16.3. The van der Waals surface area contributed by atoms with Gasteiger partial charge in [-0.3, -0.25) is 9.59 Å². The Labute approximate surface area is 148 Å². The van der Waals surface area contributed by atoms with E-state index in [4.69, 9.17) is 4.42 Å². The van der Waals surface area contributed by atoms with E-state index in [9.17, 15) is 9.59 Å². The third kappa shape index (κ3) is 5.89. The van der Waals surface area contributed by atoms with Gasteiger partial charge in [-0.1, -0.05) is 50.7 Å². The number of benzene rings is 1. The summed E-state index contributed by atoms with van der Waals surface area (Å²) in [7, 11) is 0. The molecule has 0 aliphatic heterocycles. The number of hydrogen-bond acceptors (Lipinski definition) is 3. The van der Waals surface area contributed by atoms with Crippen LogP contribution >= 0.6 is 0 Å². The first-order valence-electron chi connectivity index (χ1n) is 9.10. The van der Waals surface area contributed by atoms with Gasteiger partial charge in [-0.05, 0) is 31.6 Å². The molecule has 0 fully saturated rings. The zero-order valence-corrected chi connectivity index (χ0v) is 15.1. The number of unbranched alkanes of at least 4 members (excludes halogenated alkanes) is 5. The van der Waals surface area contributed by atoms with Gasteiger partial charge in [0.2, 0.25) is 5.91 Å². The van der Waals surface area contributed by atoms with Crippen LogP contribution in [-0.2, 0) is 4.79 Å². The van der Waals surface area contributed by atoms with Crippen LogP contribution in [0.5, 0.6) is 0 Å². The Morgan fingerprint density at radius 3 is 2.72 bits per heavy atom. The lowest BCUT2D eigenvalue weighted by molar-refractivity contribution is -0.116. The number of carbonyl (C=O) groups excluding carboxylic acids is 1. The normalized spacial score (nSPS) is 11.3. The highest BCUT2D eigenvalue weighted by Crippen LogP contribution is 2.13. The molecule has 25 heavy (non-hydrogen) atoms. The number of amides is 1. The minimum Gasteiger partial charge on any atom is -0.463 e. The van der Waals surface area contributed by atoms with Gasteiger partial charge >= 0.3 is 0 Å². The molecule has 0 aliphatic rings. The van der Waals surface area contributed by atoms with Gasteiger partial charge in [0.15, 0.2) is 5.43 Å². The number of nitrogens with one attached hydrogen (secondary N) is 1. The molecule has 0 aliphatic carbocycles. The molecule has 134 valence electrons. The van der Waals surface area contributed by atoms with Gasteiger partial charge in [0.05, 0.1) is 10.9 Å². The Balaban J connectivity index is 1.87. The van der Waals surface area contributed by atoms with Gasteiger partial charge in [0, 0.05) is 12.6 Å². The molecule has 1 amide bonds. The van der Waals surface area contributed by atoms with Gasteiger partial charge < -0.3 is 9.73 Å². The molecule has 0 bridgehead atoms. The van der Waals surface area contributed by atoms with Gasteiger partial charge in [-0.2, -0.15) is 0 Å². The van der Waals surface area contributed by atoms with E-state index in [0.29, 0.717) is 23.1 Å². The average molecular weight is 341 g/mol. The molecular formula is C21H27NO3. The summed E-state index contributed by atoms with van der Waals surface area (Å²) in [5.74, 6) is -0.183. The van der Waals surface area contributed by atoms with Gasteiger partial charge in [-0.15, -0.1) is 0 Å². The second kappa shape index (κ2) is 9.82. The van der Waals surface area contributed by atoms with E-state index in [1.54, 1.807) is 12.1 Å². The molecule has 1 heterocycles. The Bertz CT molecular complexity index is 789. The van der Waals surface area contributed by atoms with Crippen LogP contribution in [0.4, 0.5) is 0 Å². The minimum absolute atomic E-state index is 0.120. The van der Waals surface area contributed by atoms with Crippen molar-refractivity contribution in [2.24, 2.45) is 0 Å². The molecule has 1 aromatic heterocycles. The number of carbonyl (C=O) groups is 1. The predicted octanol–water partition coefficient (Wildman–Crippen LogP) is 4.59. The van der Waals surface area contributed by atoms with E-state index in [-0.39, 0.29) is 11.3 Å². The average Bonchev–Trinajstić information content (AvgIpc) is 2.61. The molecule has 0 atom stereocenters. The largest absolute Gasteiger partial charge is 0.463 e. The second-order valence-corrected chi connectivity index (χ2v) is 6.41. The van der Waals surface area contributed by atoms with Crippen molar-refractivity contribution in [3.05, 3.63) is 51.9 Å². The molecule has 0 unspecified atom stereocenters. The monoisotopic (exact) mass is 341 g/mol. The molecule has 1 N–H and O–H groups in total. The van der Waals surface area contributed by atoms with E-state index in [0.717, 1.165) is 18.4 Å². The van der Waals surface area contributed by atoms with Crippen LogP contribution in [0.1, 0.15) is 56.6 Å². The van der Waals surface area contributed by atoms with Gasteiger partial charge in [0.25, 0.3) is 0 Å². The van der Waals surface area contributed by atoms with E-state index in [1.165, 1.54) is 44.1 Å². The van der Waals surface area contributed by atoms with Crippen molar-refractivity contribution >= 4 is 23.0 Å². The summed E-state index contributed by atoms with van der Waals surface area (Å²) in [6.07, 6.45) is 11.4. The summed E-state index contributed by atoms with van der Waals surface area (Å²) in [6, 6.07) is 5.49. The maximum atomic E-state index is 12.4. The standard InChI is InChI=1S/C21H27NO3/c1-3-4-5-6-7-8-13-22-20(23)12-10-17-15-25-19-11-9-16(2)14-18(19)21(17)24/h9-12,14-15H,3-8,13H2,1-2H3,(H,22,23)/b12-10+. The highest BCUT2D eigenvalue weighted by molar-refractivity contribution is 5.92. The molecule has 0 spiro atoms. The minimum atomic E-state index is -0.183. The van der Waals surface area contributed by atoms with Gasteiger partial charge in [-0.25, -0.2) is 0 Å². The molecule has 4 nitrogen and oxygen atoms in total. The van der Waals surface area contributed by atoms with Crippen molar-refractivity contribution in [3.8, 4) is 0 Å².